The molecule has 2 N–H and O–H groups in total. The molecule has 1 aromatic carbocycles. The van der Waals surface area contributed by atoms with Crippen LogP contribution in [0.1, 0.15) is 45.7 Å². The molecular formula is C16H24Cl2N2O. The van der Waals surface area contributed by atoms with Crippen LogP contribution in [0, 0.1) is 5.41 Å². The first-order valence-electron chi connectivity index (χ1n) is 7.00. The first kappa shape index (κ1) is 18.3. The Morgan fingerprint density at radius 1 is 1.33 bits per heavy atom. The van der Waals surface area contributed by atoms with E-state index in [-0.39, 0.29) is 23.4 Å². The van der Waals surface area contributed by atoms with Gasteiger partial charge in [0.2, 0.25) is 5.91 Å². The molecule has 5 heteroatoms. The van der Waals surface area contributed by atoms with Gasteiger partial charge in [0, 0.05) is 29.6 Å². The number of nitrogens with two attached hydrogens (primary N) is 1. The van der Waals surface area contributed by atoms with Crippen molar-refractivity contribution in [3.63, 3.8) is 0 Å². The summed E-state index contributed by atoms with van der Waals surface area (Å²) in [5, 5.41) is 1.15. The second-order valence-corrected chi connectivity index (χ2v) is 7.37. The molecule has 0 aliphatic heterocycles. The van der Waals surface area contributed by atoms with E-state index in [1.54, 1.807) is 24.1 Å². The normalized spacial score (nSPS) is 14.7. The lowest BCUT2D eigenvalue weighted by molar-refractivity contribution is -0.132. The molecule has 0 aromatic heterocycles. The van der Waals surface area contributed by atoms with Crippen molar-refractivity contribution in [2.24, 2.45) is 11.1 Å². The number of rotatable bonds is 4. The van der Waals surface area contributed by atoms with Crippen LogP contribution in [0.4, 0.5) is 0 Å². The summed E-state index contributed by atoms with van der Waals surface area (Å²) < 4.78 is 0. The minimum atomic E-state index is -0.180. The molecule has 0 radical (unpaired) electrons. The van der Waals surface area contributed by atoms with E-state index in [1.807, 2.05) is 33.8 Å². The molecule has 0 aliphatic carbocycles. The van der Waals surface area contributed by atoms with E-state index in [0.717, 1.165) is 5.56 Å². The number of carbonyl (C=O) groups excluding carboxylic acids is 1. The van der Waals surface area contributed by atoms with Crippen molar-refractivity contribution >= 4 is 29.1 Å². The van der Waals surface area contributed by atoms with Gasteiger partial charge in [-0.2, -0.15) is 0 Å². The Morgan fingerprint density at radius 3 is 2.38 bits per heavy atom. The van der Waals surface area contributed by atoms with Gasteiger partial charge in [-0.05, 0) is 30.0 Å². The average molecular weight is 331 g/mol. The Hall–Kier alpha value is -0.770. The third-order valence-electron chi connectivity index (χ3n) is 3.89. The molecule has 0 heterocycles. The molecule has 0 bridgehead atoms. The highest BCUT2D eigenvalue weighted by molar-refractivity contribution is 6.35. The van der Waals surface area contributed by atoms with Crippen molar-refractivity contribution in [1.82, 2.24) is 4.90 Å². The van der Waals surface area contributed by atoms with Crippen LogP contribution < -0.4 is 5.73 Å². The summed E-state index contributed by atoms with van der Waals surface area (Å²) in [4.78, 5) is 14.1. The minimum absolute atomic E-state index is 0.0101. The van der Waals surface area contributed by atoms with Gasteiger partial charge < -0.3 is 10.6 Å². The molecule has 0 fully saturated rings. The lowest BCUT2D eigenvalue weighted by Gasteiger charge is -2.31. The maximum absolute atomic E-state index is 12.4. The molecule has 118 valence electrons. The van der Waals surface area contributed by atoms with Crippen molar-refractivity contribution in [1.29, 1.82) is 0 Å². The maximum atomic E-state index is 12.4. The number of benzene rings is 1. The lowest BCUT2D eigenvalue weighted by Crippen LogP contribution is -2.41. The Kier molecular flexibility index (Phi) is 6.09. The van der Waals surface area contributed by atoms with Gasteiger partial charge in [-0.1, -0.05) is 50.0 Å². The molecule has 1 aromatic rings. The summed E-state index contributed by atoms with van der Waals surface area (Å²) in [6.45, 7) is 8.04. The average Bonchev–Trinajstić information content (AvgIpc) is 2.35. The summed E-state index contributed by atoms with van der Waals surface area (Å²) in [5.74, 6) is 0.0101. The third kappa shape index (κ3) is 4.87. The smallest absolute Gasteiger partial charge is 0.224 e. The highest BCUT2D eigenvalue weighted by Gasteiger charge is 2.27. The molecule has 2 unspecified atom stereocenters. The van der Waals surface area contributed by atoms with Gasteiger partial charge in [0.15, 0.2) is 0 Å². The lowest BCUT2D eigenvalue weighted by atomic mass is 9.85. The quantitative estimate of drug-likeness (QED) is 0.895. The van der Waals surface area contributed by atoms with Crippen LogP contribution in [-0.2, 0) is 4.79 Å². The number of amides is 1. The molecule has 0 spiro atoms. The topological polar surface area (TPSA) is 46.3 Å². The fourth-order valence-electron chi connectivity index (χ4n) is 1.90. The summed E-state index contributed by atoms with van der Waals surface area (Å²) in [6, 6.07) is 5.00. The Labute approximate surface area is 137 Å². The van der Waals surface area contributed by atoms with Gasteiger partial charge in [0.1, 0.15) is 0 Å². The highest BCUT2D eigenvalue weighted by Crippen LogP contribution is 2.30. The van der Waals surface area contributed by atoms with E-state index in [4.69, 9.17) is 28.9 Å². The fraction of sp³-hybridized carbons (Fsp3) is 0.562. The van der Waals surface area contributed by atoms with Crippen LogP contribution in [0.2, 0.25) is 10.0 Å². The van der Waals surface area contributed by atoms with Crippen LogP contribution in [0.3, 0.4) is 0 Å². The van der Waals surface area contributed by atoms with Gasteiger partial charge in [-0.25, -0.2) is 0 Å². The number of nitrogens with zero attached hydrogens (tertiary/aromatic N) is 1. The second kappa shape index (κ2) is 6.99. The summed E-state index contributed by atoms with van der Waals surface area (Å²) >= 11 is 12.1. The minimum Gasteiger partial charge on any atom is -0.339 e. The number of hydrogen-bond donors (Lipinski definition) is 1. The molecule has 1 rings (SSSR count). The summed E-state index contributed by atoms with van der Waals surface area (Å²) in [7, 11) is 1.77. The monoisotopic (exact) mass is 330 g/mol. The second-order valence-electron chi connectivity index (χ2n) is 6.52. The number of hydrogen-bond acceptors (Lipinski definition) is 2. The van der Waals surface area contributed by atoms with Crippen LogP contribution in [0.25, 0.3) is 0 Å². The zero-order valence-electron chi connectivity index (χ0n) is 13.3. The standard InChI is InChI=1S/C16H24Cl2N2O/c1-10(12-7-6-11(17)8-13(12)18)20(5)15(21)9-14(19)16(2,3)4/h6-8,10,14H,9,19H2,1-5H3. The van der Waals surface area contributed by atoms with Crippen LogP contribution in [0.15, 0.2) is 18.2 Å². The summed E-state index contributed by atoms with van der Waals surface area (Å²) in [5.41, 5.74) is 6.86. The van der Waals surface area contributed by atoms with Crippen molar-refractivity contribution in [2.45, 2.75) is 46.2 Å². The van der Waals surface area contributed by atoms with Crippen molar-refractivity contribution in [3.05, 3.63) is 33.8 Å². The highest BCUT2D eigenvalue weighted by atomic mass is 35.5. The Balaban J connectivity index is 2.82. The van der Waals surface area contributed by atoms with Gasteiger partial charge >= 0.3 is 0 Å². The van der Waals surface area contributed by atoms with Crippen LogP contribution in [0.5, 0.6) is 0 Å². The van der Waals surface area contributed by atoms with Gasteiger partial charge in [-0.3, -0.25) is 4.79 Å². The molecule has 0 aliphatic rings. The maximum Gasteiger partial charge on any atom is 0.224 e. The molecule has 0 saturated carbocycles. The van der Waals surface area contributed by atoms with Crippen LogP contribution >= 0.6 is 23.2 Å². The van der Waals surface area contributed by atoms with E-state index in [1.165, 1.54) is 0 Å². The third-order valence-corrected chi connectivity index (χ3v) is 4.46. The SMILES string of the molecule is CC(c1ccc(Cl)cc1Cl)N(C)C(=O)CC(N)C(C)(C)C. The number of halogens is 2. The van der Waals surface area contributed by atoms with Gasteiger partial charge in [-0.15, -0.1) is 0 Å². The van der Waals surface area contributed by atoms with E-state index >= 15 is 0 Å². The predicted molar refractivity (Wildman–Crippen MR) is 89.7 cm³/mol. The van der Waals surface area contributed by atoms with E-state index in [9.17, 15) is 4.79 Å². The Bertz CT molecular complexity index is 511. The largest absolute Gasteiger partial charge is 0.339 e. The van der Waals surface area contributed by atoms with Crippen molar-refractivity contribution < 1.29 is 4.79 Å². The van der Waals surface area contributed by atoms with E-state index < -0.39 is 0 Å². The first-order valence-corrected chi connectivity index (χ1v) is 7.75. The predicted octanol–water partition coefficient (Wildman–Crippen LogP) is 4.28. The molecular weight excluding hydrogens is 307 g/mol. The zero-order valence-corrected chi connectivity index (χ0v) is 14.8. The molecule has 1 amide bonds. The molecule has 0 saturated heterocycles. The van der Waals surface area contributed by atoms with Crippen molar-refractivity contribution in [3.8, 4) is 0 Å². The van der Waals surface area contributed by atoms with E-state index in [0.29, 0.717) is 16.5 Å². The van der Waals surface area contributed by atoms with Gasteiger partial charge in [0.05, 0.1) is 6.04 Å². The summed E-state index contributed by atoms with van der Waals surface area (Å²) in [6.07, 6.45) is 0.315. The first-order chi connectivity index (χ1) is 9.54. The molecule has 3 nitrogen and oxygen atoms in total. The number of carbonyl (C=O) groups is 1. The van der Waals surface area contributed by atoms with E-state index in [2.05, 4.69) is 0 Å². The zero-order chi connectivity index (χ0) is 16.4. The van der Waals surface area contributed by atoms with Crippen molar-refractivity contribution in [2.75, 3.05) is 7.05 Å². The van der Waals surface area contributed by atoms with Crippen LogP contribution in [-0.4, -0.2) is 23.9 Å². The fourth-order valence-corrected chi connectivity index (χ4v) is 2.47. The molecule has 2 atom stereocenters. The van der Waals surface area contributed by atoms with Gasteiger partial charge in [0.25, 0.3) is 0 Å². The Morgan fingerprint density at radius 2 is 1.90 bits per heavy atom. The molecule has 21 heavy (non-hydrogen) atoms.